The summed E-state index contributed by atoms with van der Waals surface area (Å²) in [6.45, 7) is 2.83. The van der Waals surface area contributed by atoms with Crippen LogP contribution in [0.1, 0.15) is 16.6 Å². The number of carbonyl (C=O) groups excluding carboxylic acids is 2. The minimum absolute atomic E-state index is 0.229. The molecule has 0 aliphatic carbocycles. The third kappa shape index (κ3) is 3.92. The van der Waals surface area contributed by atoms with Crippen molar-refractivity contribution in [2.75, 3.05) is 30.4 Å². The fourth-order valence-corrected chi connectivity index (χ4v) is 2.87. The average Bonchev–Trinajstić information content (AvgIpc) is 3.16. The van der Waals surface area contributed by atoms with Gasteiger partial charge in [0.15, 0.2) is 11.5 Å². The van der Waals surface area contributed by atoms with E-state index in [9.17, 15) is 9.59 Å². The Kier molecular flexibility index (Phi) is 5.20. The summed E-state index contributed by atoms with van der Waals surface area (Å²) in [5.74, 6) is 0.211. The second-order valence-corrected chi connectivity index (χ2v) is 6.55. The van der Waals surface area contributed by atoms with Gasteiger partial charge < -0.3 is 25.8 Å². The number of ether oxygens (including phenoxy) is 2. The Balaban J connectivity index is 1.90. The Labute approximate surface area is 149 Å². The molecular weight excluding hydrogens is 342 g/mol. The van der Waals surface area contributed by atoms with Gasteiger partial charge in [-0.1, -0.05) is 13.0 Å². The number of fused-ring (bicyclic) bond motifs is 1. The number of nitrogens with two attached hydrogens (primary N) is 1. The van der Waals surface area contributed by atoms with E-state index in [-0.39, 0.29) is 24.3 Å². The van der Waals surface area contributed by atoms with Gasteiger partial charge in [-0.25, -0.2) is 0 Å². The number of amides is 2. The van der Waals surface area contributed by atoms with Crippen LogP contribution < -0.4 is 25.8 Å². The van der Waals surface area contributed by atoms with Crippen LogP contribution in [0.3, 0.4) is 0 Å². The molecule has 1 aliphatic heterocycles. The monoisotopic (exact) mass is 361 g/mol. The van der Waals surface area contributed by atoms with E-state index in [0.29, 0.717) is 41.0 Å². The molecule has 0 fully saturated rings. The Morgan fingerprint density at radius 2 is 1.84 bits per heavy atom. The summed E-state index contributed by atoms with van der Waals surface area (Å²) in [5, 5.41) is 7.44. The second kappa shape index (κ2) is 7.54. The van der Waals surface area contributed by atoms with Crippen LogP contribution in [-0.4, -0.2) is 31.6 Å². The lowest BCUT2D eigenvalue weighted by Gasteiger charge is -2.22. The standard InChI is InChI=1S/C17H19N3O4S/c1-10(9-18)16(21)19-11-7-13-14(24-5-4-23-13)8-12(11)20-17(22)15-3-2-6-25-15/h2-3,6-8,10H,4-5,9,18H2,1H3,(H,19,21)(H,20,22). The number of anilines is 2. The molecular formula is C17H19N3O4S. The van der Waals surface area contributed by atoms with Gasteiger partial charge in [-0.2, -0.15) is 0 Å². The highest BCUT2D eigenvalue weighted by Gasteiger charge is 2.20. The van der Waals surface area contributed by atoms with Crippen molar-refractivity contribution < 1.29 is 19.1 Å². The van der Waals surface area contributed by atoms with E-state index in [1.165, 1.54) is 11.3 Å². The van der Waals surface area contributed by atoms with Crippen LogP contribution in [0.5, 0.6) is 11.5 Å². The zero-order chi connectivity index (χ0) is 17.8. The van der Waals surface area contributed by atoms with Crippen molar-refractivity contribution in [1.29, 1.82) is 0 Å². The van der Waals surface area contributed by atoms with Gasteiger partial charge in [0.2, 0.25) is 5.91 Å². The predicted octanol–water partition coefficient (Wildman–Crippen LogP) is 2.30. The van der Waals surface area contributed by atoms with Crippen molar-refractivity contribution in [3.8, 4) is 11.5 Å². The lowest BCUT2D eigenvalue weighted by Crippen LogP contribution is -2.27. The number of benzene rings is 1. The number of hydrogen-bond donors (Lipinski definition) is 3. The number of rotatable bonds is 5. The lowest BCUT2D eigenvalue weighted by atomic mass is 10.1. The number of hydrogen-bond acceptors (Lipinski definition) is 6. The summed E-state index contributed by atoms with van der Waals surface area (Å²) >= 11 is 1.34. The van der Waals surface area contributed by atoms with Gasteiger partial charge in [-0.3, -0.25) is 9.59 Å². The second-order valence-electron chi connectivity index (χ2n) is 5.60. The fraction of sp³-hybridized carbons (Fsp3) is 0.294. The first-order valence-electron chi connectivity index (χ1n) is 7.88. The molecule has 1 atom stereocenters. The molecule has 0 spiro atoms. The predicted molar refractivity (Wildman–Crippen MR) is 96.6 cm³/mol. The normalized spacial score (nSPS) is 13.8. The first kappa shape index (κ1) is 17.2. The van der Waals surface area contributed by atoms with Crippen LogP contribution in [-0.2, 0) is 4.79 Å². The van der Waals surface area contributed by atoms with Crippen molar-refractivity contribution in [3.63, 3.8) is 0 Å². The third-order valence-corrected chi connectivity index (χ3v) is 4.60. The molecule has 8 heteroatoms. The topological polar surface area (TPSA) is 103 Å². The highest BCUT2D eigenvalue weighted by Crippen LogP contribution is 2.38. The minimum Gasteiger partial charge on any atom is -0.486 e. The van der Waals surface area contributed by atoms with Gasteiger partial charge in [-0.05, 0) is 11.4 Å². The molecule has 0 bridgehead atoms. The van der Waals surface area contributed by atoms with E-state index in [0.717, 1.165) is 0 Å². The van der Waals surface area contributed by atoms with E-state index in [2.05, 4.69) is 10.6 Å². The lowest BCUT2D eigenvalue weighted by molar-refractivity contribution is -0.119. The number of nitrogens with one attached hydrogen (secondary N) is 2. The van der Waals surface area contributed by atoms with E-state index in [1.807, 2.05) is 5.38 Å². The molecule has 2 aromatic rings. The summed E-state index contributed by atoms with van der Waals surface area (Å²) < 4.78 is 11.1. The number of carbonyl (C=O) groups is 2. The van der Waals surface area contributed by atoms with Crippen molar-refractivity contribution >= 4 is 34.5 Å². The quantitative estimate of drug-likeness (QED) is 0.758. The van der Waals surface area contributed by atoms with Crippen LogP contribution >= 0.6 is 11.3 Å². The Bertz CT molecular complexity index is 776. The van der Waals surface area contributed by atoms with Gasteiger partial charge in [-0.15, -0.1) is 11.3 Å². The Morgan fingerprint density at radius 3 is 2.40 bits per heavy atom. The third-order valence-electron chi connectivity index (χ3n) is 3.73. The molecule has 1 unspecified atom stereocenters. The van der Waals surface area contributed by atoms with Gasteiger partial charge in [0, 0.05) is 24.6 Å². The van der Waals surface area contributed by atoms with E-state index < -0.39 is 0 Å². The van der Waals surface area contributed by atoms with Gasteiger partial charge in [0.05, 0.1) is 16.3 Å². The largest absolute Gasteiger partial charge is 0.486 e. The number of thiophene rings is 1. The maximum absolute atomic E-state index is 12.4. The first-order chi connectivity index (χ1) is 12.1. The summed E-state index contributed by atoms with van der Waals surface area (Å²) in [7, 11) is 0. The molecule has 25 heavy (non-hydrogen) atoms. The minimum atomic E-state index is -0.353. The summed E-state index contributed by atoms with van der Waals surface area (Å²) in [4.78, 5) is 25.1. The molecule has 1 aromatic carbocycles. The van der Waals surface area contributed by atoms with E-state index >= 15 is 0 Å². The molecule has 4 N–H and O–H groups in total. The van der Waals surface area contributed by atoms with Crippen LogP contribution in [0, 0.1) is 5.92 Å². The molecule has 1 aromatic heterocycles. The average molecular weight is 361 g/mol. The van der Waals surface area contributed by atoms with Crippen LogP contribution in [0.4, 0.5) is 11.4 Å². The fourth-order valence-electron chi connectivity index (χ4n) is 2.25. The summed E-state index contributed by atoms with van der Waals surface area (Å²) in [6, 6.07) is 6.84. The maximum Gasteiger partial charge on any atom is 0.265 e. The van der Waals surface area contributed by atoms with Crippen molar-refractivity contribution in [3.05, 3.63) is 34.5 Å². The molecule has 0 saturated heterocycles. The summed E-state index contributed by atoms with van der Waals surface area (Å²) in [6.07, 6.45) is 0. The van der Waals surface area contributed by atoms with Gasteiger partial charge in [0.1, 0.15) is 13.2 Å². The van der Waals surface area contributed by atoms with Crippen molar-refractivity contribution in [2.45, 2.75) is 6.92 Å². The van der Waals surface area contributed by atoms with Gasteiger partial charge >= 0.3 is 0 Å². The molecule has 7 nitrogen and oxygen atoms in total. The molecule has 0 saturated carbocycles. The first-order valence-corrected chi connectivity index (χ1v) is 8.76. The zero-order valence-electron chi connectivity index (χ0n) is 13.7. The van der Waals surface area contributed by atoms with Crippen molar-refractivity contribution in [2.24, 2.45) is 11.7 Å². The van der Waals surface area contributed by atoms with Crippen molar-refractivity contribution in [1.82, 2.24) is 0 Å². The van der Waals surface area contributed by atoms with E-state index in [4.69, 9.17) is 15.2 Å². The van der Waals surface area contributed by atoms with Crippen LogP contribution in [0.15, 0.2) is 29.6 Å². The Morgan fingerprint density at radius 1 is 1.20 bits per heavy atom. The Hall–Kier alpha value is -2.58. The van der Waals surface area contributed by atoms with Crippen LogP contribution in [0.2, 0.25) is 0 Å². The zero-order valence-corrected chi connectivity index (χ0v) is 14.5. The highest BCUT2D eigenvalue weighted by atomic mass is 32.1. The molecule has 2 amide bonds. The van der Waals surface area contributed by atoms with Gasteiger partial charge in [0.25, 0.3) is 5.91 Å². The molecule has 1 aliphatic rings. The molecule has 2 heterocycles. The van der Waals surface area contributed by atoms with Crippen LogP contribution in [0.25, 0.3) is 0 Å². The molecule has 3 rings (SSSR count). The smallest absolute Gasteiger partial charge is 0.265 e. The SMILES string of the molecule is CC(CN)C(=O)Nc1cc2c(cc1NC(=O)c1cccs1)OCCO2. The highest BCUT2D eigenvalue weighted by molar-refractivity contribution is 7.12. The molecule has 0 radical (unpaired) electrons. The maximum atomic E-state index is 12.4. The molecule has 132 valence electrons. The summed E-state index contributed by atoms with van der Waals surface area (Å²) in [5.41, 5.74) is 6.44. The van der Waals surface area contributed by atoms with E-state index in [1.54, 1.807) is 31.2 Å².